The van der Waals surface area contributed by atoms with Crippen molar-refractivity contribution in [3.8, 4) is 0 Å². The molecule has 1 fully saturated rings. The van der Waals surface area contributed by atoms with E-state index in [-0.39, 0.29) is 17.7 Å². The minimum atomic E-state index is -0.0852. The van der Waals surface area contributed by atoms with Gasteiger partial charge in [0.1, 0.15) is 5.69 Å². The van der Waals surface area contributed by atoms with E-state index < -0.39 is 0 Å². The summed E-state index contributed by atoms with van der Waals surface area (Å²) in [5, 5.41) is 2.96. The number of piperidine rings is 1. The molecule has 1 saturated heterocycles. The molecule has 0 aromatic carbocycles. The molecular formula is C15H22BrN3O2. The number of hydrogen-bond donors (Lipinski definition) is 2. The summed E-state index contributed by atoms with van der Waals surface area (Å²) in [5.74, 6) is -0.0432. The second-order valence-electron chi connectivity index (χ2n) is 5.47. The van der Waals surface area contributed by atoms with E-state index >= 15 is 0 Å². The van der Waals surface area contributed by atoms with Gasteiger partial charge in [0.25, 0.3) is 5.91 Å². The molecule has 116 valence electrons. The number of carbonyl (C=O) groups excluding carboxylic acids is 2. The van der Waals surface area contributed by atoms with E-state index in [0.717, 1.165) is 36.7 Å². The van der Waals surface area contributed by atoms with Crippen LogP contribution in [0.5, 0.6) is 0 Å². The fraction of sp³-hybridized carbons (Fsp3) is 0.600. The van der Waals surface area contributed by atoms with E-state index in [1.54, 1.807) is 17.2 Å². The van der Waals surface area contributed by atoms with Gasteiger partial charge in [-0.3, -0.25) is 9.59 Å². The van der Waals surface area contributed by atoms with Gasteiger partial charge in [-0.15, -0.1) is 0 Å². The van der Waals surface area contributed by atoms with E-state index in [4.69, 9.17) is 0 Å². The van der Waals surface area contributed by atoms with Crippen molar-refractivity contribution < 1.29 is 9.59 Å². The number of amides is 2. The Morgan fingerprint density at radius 2 is 2.33 bits per heavy atom. The van der Waals surface area contributed by atoms with Crippen LogP contribution in [0.3, 0.4) is 0 Å². The van der Waals surface area contributed by atoms with Gasteiger partial charge in [0.05, 0.1) is 5.92 Å². The van der Waals surface area contributed by atoms with Gasteiger partial charge in [0.15, 0.2) is 0 Å². The summed E-state index contributed by atoms with van der Waals surface area (Å²) in [6, 6.07) is 1.77. The topological polar surface area (TPSA) is 65.2 Å². The summed E-state index contributed by atoms with van der Waals surface area (Å²) in [5.41, 5.74) is 0.564. The van der Waals surface area contributed by atoms with Gasteiger partial charge in [-0.1, -0.05) is 13.3 Å². The summed E-state index contributed by atoms with van der Waals surface area (Å²) in [6.45, 7) is 4.05. The van der Waals surface area contributed by atoms with Gasteiger partial charge in [-0.2, -0.15) is 0 Å². The van der Waals surface area contributed by atoms with Gasteiger partial charge in [0, 0.05) is 30.3 Å². The lowest BCUT2D eigenvalue weighted by Gasteiger charge is -2.31. The minimum absolute atomic E-state index is 0.0354. The maximum atomic E-state index is 12.4. The molecule has 2 N–H and O–H groups in total. The molecular weight excluding hydrogens is 334 g/mol. The first-order chi connectivity index (χ1) is 10.1. The predicted octanol–water partition coefficient (Wildman–Crippen LogP) is 2.55. The molecule has 1 atom stereocenters. The highest BCUT2D eigenvalue weighted by Gasteiger charge is 2.29. The smallest absolute Gasteiger partial charge is 0.270 e. The Labute approximate surface area is 133 Å². The molecule has 2 rings (SSSR count). The zero-order chi connectivity index (χ0) is 15.2. The number of aromatic amines is 1. The average molecular weight is 356 g/mol. The van der Waals surface area contributed by atoms with Gasteiger partial charge in [-0.25, -0.2) is 0 Å². The lowest BCUT2D eigenvalue weighted by Crippen LogP contribution is -2.45. The van der Waals surface area contributed by atoms with Crippen molar-refractivity contribution in [2.24, 2.45) is 5.92 Å². The van der Waals surface area contributed by atoms with Crippen molar-refractivity contribution in [3.63, 3.8) is 0 Å². The molecule has 2 amide bonds. The lowest BCUT2D eigenvalue weighted by molar-refractivity contribution is -0.126. The number of halogens is 1. The summed E-state index contributed by atoms with van der Waals surface area (Å²) >= 11 is 3.33. The molecule has 1 aromatic heterocycles. The molecule has 6 heteroatoms. The molecule has 0 spiro atoms. The Balaban J connectivity index is 1.91. The molecule has 0 aliphatic carbocycles. The highest BCUT2D eigenvalue weighted by molar-refractivity contribution is 9.10. The molecule has 0 bridgehead atoms. The van der Waals surface area contributed by atoms with Crippen LogP contribution in [-0.4, -0.2) is 41.3 Å². The van der Waals surface area contributed by atoms with Crippen molar-refractivity contribution in [1.82, 2.24) is 15.2 Å². The number of H-pyrrole nitrogens is 1. The average Bonchev–Trinajstić information content (AvgIpc) is 2.93. The Hall–Kier alpha value is -1.30. The fourth-order valence-corrected chi connectivity index (χ4v) is 2.91. The van der Waals surface area contributed by atoms with Crippen LogP contribution in [0.4, 0.5) is 0 Å². The molecule has 2 heterocycles. The third-order valence-corrected chi connectivity index (χ3v) is 4.24. The normalized spacial score (nSPS) is 18.6. The molecule has 21 heavy (non-hydrogen) atoms. The first-order valence-corrected chi connectivity index (χ1v) is 8.32. The van der Waals surface area contributed by atoms with Crippen LogP contribution in [0, 0.1) is 5.92 Å². The third-order valence-electron chi connectivity index (χ3n) is 3.79. The maximum absolute atomic E-state index is 12.4. The van der Waals surface area contributed by atoms with Crippen molar-refractivity contribution in [3.05, 3.63) is 22.4 Å². The molecule has 5 nitrogen and oxygen atoms in total. The summed E-state index contributed by atoms with van der Waals surface area (Å²) in [7, 11) is 0. The largest absolute Gasteiger partial charge is 0.356 e. The highest BCUT2D eigenvalue weighted by Crippen LogP contribution is 2.20. The zero-order valence-corrected chi connectivity index (χ0v) is 13.9. The number of nitrogens with zero attached hydrogens (tertiary/aromatic N) is 1. The van der Waals surface area contributed by atoms with Crippen LogP contribution in [0.25, 0.3) is 0 Å². The quantitative estimate of drug-likeness (QED) is 0.797. The van der Waals surface area contributed by atoms with Crippen LogP contribution in [0.15, 0.2) is 16.7 Å². The number of hydrogen-bond acceptors (Lipinski definition) is 2. The standard InChI is InChI=1S/C15H22BrN3O2/c1-2-3-6-17-14(20)11-5-4-7-19(10-11)15(21)13-8-12(16)9-18-13/h8-9,11,18H,2-7,10H2,1H3,(H,17,20). The van der Waals surface area contributed by atoms with Crippen molar-refractivity contribution in [1.29, 1.82) is 0 Å². The second kappa shape index (κ2) is 7.64. The minimum Gasteiger partial charge on any atom is -0.356 e. The lowest BCUT2D eigenvalue weighted by atomic mass is 9.97. The number of rotatable bonds is 5. The summed E-state index contributed by atoms with van der Waals surface area (Å²) in [4.78, 5) is 29.2. The van der Waals surface area contributed by atoms with E-state index in [9.17, 15) is 9.59 Å². The Kier molecular flexibility index (Phi) is 5.85. The molecule has 1 unspecified atom stereocenters. The Morgan fingerprint density at radius 1 is 1.52 bits per heavy atom. The van der Waals surface area contributed by atoms with E-state index in [0.29, 0.717) is 18.8 Å². The molecule has 0 saturated carbocycles. The Morgan fingerprint density at radius 3 is 3.00 bits per heavy atom. The van der Waals surface area contributed by atoms with Gasteiger partial charge < -0.3 is 15.2 Å². The van der Waals surface area contributed by atoms with Crippen LogP contribution in [-0.2, 0) is 4.79 Å². The van der Waals surface area contributed by atoms with E-state index in [1.807, 2.05) is 0 Å². The predicted molar refractivity (Wildman–Crippen MR) is 85.0 cm³/mol. The highest BCUT2D eigenvalue weighted by atomic mass is 79.9. The first kappa shape index (κ1) is 16.1. The van der Waals surface area contributed by atoms with Crippen molar-refractivity contribution in [2.45, 2.75) is 32.6 Å². The van der Waals surface area contributed by atoms with Crippen LogP contribution in [0.1, 0.15) is 43.1 Å². The fourth-order valence-electron chi connectivity index (χ4n) is 2.57. The van der Waals surface area contributed by atoms with Gasteiger partial charge in [0.2, 0.25) is 5.91 Å². The van der Waals surface area contributed by atoms with E-state index in [2.05, 4.69) is 33.2 Å². The number of carbonyl (C=O) groups is 2. The third kappa shape index (κ3) is 4.33. The van der Waals surface area contributed by atoms with E-state index in [1.165, 1.54) is 0 Å². The number of nitrogens with one attached hydrogen (secondary N) is 2. The van der Waals surface area contributed by atoms with Gasteiger partial charge in [-0.05, 0) is 41.3 Å². The van der Waals surface area contributed by atoms with Crippen molar-refractivity contribution >= 4 is 27.7 Å². The molecule has 1 aliphatic heterocycles. The number of likely N-dealkylation sites (tertiary alicyclic amines) is 1. The van der Waals surface area contributed by atoms with Gasteiger partial charge >= 0.3 is 0 Å². The summed E-state index contributed by atoms with van der Waals surface area (Å²) in [6.07, 6.45) is 5.54. The number of aromatic nitrogens is 1. The monoisotopic (exact) mass is 355 g/mol. The first-order valence-electron chi connectivity index (χ1n) is 7.52. The van der Waals surface area contributed by atoms with Crippen LogP contribution in [0.2, 0.25) is 0 Å². The Bertz CT molecular complexity index is 501. The maximum Gasteiger partial charge on any atom is 0.270 e. The SMILES string of the molecule is CCCCNC(=O)C1CCCN(C(=O)c2cc(Br)c[nH]2)C1. The summed E-state index contributed by atoms with van der Waals surface area (Å²) < 4.78 is 0.858. The van der Waals surface area contributed by atoms with Crippen LogP contribution >= 0.6 is 15.9 Å². The number of unbranched alkanes of at least 4 members (excludes halogenated alkanes) is 1. The van der Waals surface area contributed by atoms with Crippen molar-refractivity contribution in [2.75, 3.05) is 19.6 Å². The molecule has 1 aliphatic rings. The molecule has 1 aromatic rings. The molecule has 0 radical (unpaired) electrons. The second-order valence-corrected chi connectivity index (χ2v) is 6.38. The zero-order valence-electron chi connectivity index (χ0n) is 12.3. The van der Waals surface area contributed by atoms with Crippen LogP contribution < -0.4 is 5.32 Å².